The summed E-state index contributed by atoms with van der Waals surface area (Å²) in [5, 5.41) is 0. The Labute approximate surface area is 97.1 Å². The SMILES string of the molecule is COC(=O)C=Cc1ccc(CI)cc1. The number of methoxy groups -OCH3 is 1. The molecular weight excluding hydrogens is 291 g/mol. The topological polar surface area (TPSA) is 26.3 Å². The van der Waals surface area contributed by atoms with Crippen molar-refractivity contribution in [2.24, 2.45) is 0 Å². The first-order valence-electron chi connectivity index (χ1n) is 4.17. The molecule has 2 nitrogen and oxygen atoms in total. The van der Waals surface area contributed by atoms with Crippen LogP contribution in [0.1, 0.15) is 11.1 Å². The van der Waals surface area contributed by atoms with Crippen LogP contribution in [0.5, 0.6) is 0 Å². The summed E-state index contributed by atoms with van der Waals surface area (Å²) >= 11 is 2.31. The Morgan fingerprint density at radius 3 is 2.57 bits per heavy atom. The first-order valence-corrected chi connectivity index (χ1v) is 5.69. The molecule has 1 aromatic rings. The predicted octanol–water partition coefficient (Wildman–Crippen LogP) is 2.81. The number of carbonyl (C=O) groups excluding carboxylic acids is 1. The van der Waals surface area contributed by atoms with Gasteiger partial charge >= 0.3 is 5.97 Å². The van der Waals surface area contributed by atoms with Crippen molar-refractivity contribution in [2.75, 3.05) is 7.11 Å². The first kappa shape index (κ1) is 11.2. The lowest BCUT2D eigenvalue weighted by molar-refractivity contribution is -0.134. The fourth-order valence-electron chi connectivity index (χ4n) is 0.950. The van der Waals surface area contributed by atoms with Gasteiger partial charge in [-0.25, -0.2) is 4.79 Å². The molecule has 1 rings (SSSR count). The van der Waals surface area contributed by atoms with Gasteiger partial charge in [-0.05, 0) is 17.2 Å². The molecule has 14 heavy (non-hydrogen) atoms. The van der Waals surface area contributed by atoms with E-state index in [0.29, 0.717) is 0 Å². The first-order chi connectivity index (χ1) is 6.76. The van der Waals surface area contributed by atoms with Crippen molar-refractivity contribution in [2.45, 2.75) is 4.43 Å². The van der Waals surface area contributed by atoms with Gasteiger partial charge in [-0.1, -0.05) is 46.9 Å². The van der Waals surface area contributed by atoms with Crippen LogP contribution in [0.2, 0.25) is 0 Å². The van der Waals surface area contributed by atoms with E-state index in [1.165, 1.54) is 18.7 Å². The van der Waals surface area contributed by atoms with E-state index in [1.807, 2.05) is 24.3 Å². The van der Waals surface area contributed by atoms with Crippen molar-refractivity contribution in [1.29, 1.82) is 0 Å². The summed E-state index contributed by atoms with van der Waals surface area (Å²) in [4.78, 5) is 10.8. The Kier molecular flexibility index (Phi) is 4.65. The second-order valence-corrected chi connectivity index (χ2v) is 3.49. The smallest absolute Gasteiger partial charge is 0.330 e. The summed E-state index contributed by atoms with van der Waals surface area (Å²) in [6.45, 7) is 0. The lowest BCUT2D eigenvalue weighted by Crippen LogP contribution is -1.93. The molecule has 0 saturated carbocycles. The summed E-state index contributed by atoms with van der Waals surface area (Å²) in [6, 6.07) is 8.05. The third-order valence-electron chi connectivity index (χ3n) is 1.75. The molecule has 0 N–H and O–H groups in total. The van der Waals surface area contributed by atoms with Crippen LogP contribution in [0.15, 0.2) is 30.3 Å². The quantitative estimate of drug-likeness (QED) is 0.371. The highest BCUT2D eigenvalue weighted by atomic mass is 127. The minimum Gasteiger partial charge on any atom is -0.466 e. The zero-order valence-corrected chi connectivity index (χ0v) is 10.0. The van der Waals surface area contributed by atoms with E-state index in [0.717, 1.165) is 9.99 Å². The highest BCUT2D eigenvalue weighted by molar-refractivity contribution is 14.1. The summed E-state index contributed by atoms with van der Waals surface area (Å²) in [6.07, 6.45) is 3.15. The summed E-state index contributed by atoms with van der Waals surface area (Å²) in [5.41, 5.74) is 2.28. The van der Waals surface area contributed by atoms with Crippen LogP contribution >= 0.6 is 22.6 Å². The van der Waals surface area contributed by atoms with E-state index < -0.39 is 0 Å². The average molecular weight is 302 g/mol. The van der Waals surface area contributed by atoms with Crippen molar-refractivity contribution >= 4 is 34.6 Å². The summed E-state index contributed by atoms with van der Waals surface area (Å²) < 4.78 is 5.49. The van der Waals surface area contributed by atoms with Crippen LogP contribution in [-0.4, -0.2) is 13.1 Å². The normalized spacial score (nSPS) is 10.4. The van der Waals surface area contributed by atoms with Crippen molar-refractivity contribution in [3.63, 3.8) is 0 Å². The molecule has 0 unspecified atom stereocenters. The second-order valence-electron chi connectivity index (χ2n) is 2.73. The van der Waals surface area contributed by atoms with Crippen LogP contribution in [0.25, 0.3) is 6.08 Å². The molecule has 0 aromatic heterocycles. The number of rotatable bonds is 3. The number of esters is 1. The summed E-state index contributed by atoms with van der Waals surface area (Å²) in [5.74, 6) is -0.331. The molecule has 3 heteroatoms. The van der Waals surface area contributed by atoms with Crippen LogP contribution in [-0.2, 0) is 14.0 Å². The number of benzene rings is 1. The van der Waals surface area contributed by atoms with Gasteiger partial charge in [-0.15, -0.1) is 0 Å². The van der Waals surface area contributed by atoms with Gasteiger partial charge in [0.2, 0.25) is 0 Å². The maximum atomic E-state index is 10.8. The molecule has 0 spiro atoms. The number of alkyl halides is 1. The van der Waals surface area contributed by atoms with Gasteiger partial charge in [0.05, 0.1) is 7.11 Å². The lowest BCUT2D eigenvalue weighted by atomic mass is 10.1. The van der Waals surface area contributed by atoms with E-state index in [-0.39, 0.29) is 5.97 Å². The molecule has 74 valence electrons. The van der Waals surface area contributed by atoms with Crippen molar-refractivity contribution < 1.29 is 9.53 Å². The zero-order valence-electron chi connectivity index (χ0n) is 7.87. The average Bonchev–Trinajstić information content (AvgIpc) is 2.26. The monoisotopic (exact) mass is 302 g/mol. The van der Waals surface area contributed by atoms with Crippen LogP contribution in [0.3, 0.4) is 0 Å². The van der Waals surface area contributed by atoms with Crippen molar-refractivity contribution in [3.05, 3.63) is 41.5 Å². The van der Waals surface area contributed by atoms with E-state index in [9.17, 15) is 4.79 Å². The maximum Gasteiger partial charge on any atom is 0.330 e. The Morgan fingerprint density at radius 2 is 2.07 bits per heavy atom. The molecule has 0 aliphatic rings. The number of hydrogen-bond donors (Lipinski definition) is 0. The van der Waals surface area contributed by atoms with E-state index in [2.05, 4.69) is 27.3 Å². The third kappa shape index (κ3) is 3.49. The van der Waals surface area contributed by atoms with Gasteiger partial charge in [0.25, 0.3) is 0 Å². The molecule has 0 atom stereocenters. The van der Waals surface area contributed by atoms with Gasteiger partial charge in [-0.3, -0.25) is 0 Å². The molecule has 1 aromatic carbocycles. The van der Waals surface area contributed by atoms with Crippen molar-refractivity contribution in [1.82, 2.24) is 0 Å². The van der Waals surface area contributed by atoms with Crippen LogP contribution < -0.4 is 0 Å². The number of hydrogen-bond acceptors (Lipinski definition) is 2. The molecular formula is C11H11IO2. The summed E-state index contributed by atoms with van der Waals surface area (Å²) in [7, 11) is 1.37. The largest absolute Gasteiger partial charge is 0.466 e. The number of carbonyl (C=O) groups is 1. The second kappa shape index (κ2) is 5.80. The fraction of sp³-hybridized carbons (Fsp3) is 0.182. The zero-order chi connectivity index (χ0) is 10.4. The fourth-order valence-corrected chi connectivity index (χ4v) is 1.46. The minimum absolute atomic E-state index is 0.331. The maximum absolute atomic E-state index is 10.8. The number of ether oxygens (including phenoxy) is 1. The molecule has 0 amide bonds. The van der Waals surface area contributed by atoms with Crippen LogP contribution in [0.4, 0.5) is 0 Å². The van der Waals surface area contributed by atoms with Gasteiger partial charge in [-0.2, -0.15) is 0 Å². The molecule has 0 radical (unpaired) electrons. The van der Waals surface area contributed by atoms with Gasteiger partial charge in [0.15, 0.2) is 0 Å². The highest BCUT2D eigenvalue weighted by Gasteiger charge is 1.92. The molecule has 0 saturated heterocycles. The third-order valence-corrected chi connectivity index (χ3v) is 2.63. The standard InChI is InChI=1S/C11H11IO2/c1-14-11(13)7-6-9-2-4-10(8-12)5-3-9/h2-7H,8H2,1H3. The van der Waals surface area contributed by atoms with Gasteiger partial charge in [0, 0.05) is 10.5 Å². The van der Waals surface area contributed by atoms with Crippen molar-refractivity contribution in [3.8, 4) is 0 Å². The van der Waals surface area contributed by atoms with E-state index >= 15 is 0 Å². The predicted molar refractivity (Wildman–Crippen MR) is 65.2 cm³/mol. The lowest BCUT2D eigenvalue weighted by Gasteiger charge is -1.96. The van der Waals surface area contributed by atoms with Gasteiger partial charge < -0.3 is 4.74 Å². The van der Waals surface area contributed by atoms with E-state index in [1.54, 1.807) is 6.08 Å². The molecule has 0 heterocycles. The highest BCUT2D eigenvalue weighted by Crippen LogP contribution is 2.09. The number of halogens is 1. The molecule has 0 fully saturated rings. The Balaban J connectivity index is 2.68. The Hall–Kier alpha value is -0.840. The Morgan fingerprint density at radius 1 is 1.43 bits per heavy atom. The van der Waals surface area contributed by atoms with Gasteiger partial charge in [0.1, 0.15) is 0 Å². The molecule has 0 aliphatic carbocycles. The van der Waals surface area contributed by atoms with E-state index in [4.69, 9.17) is 0 Å². The Bertz CT molecular complexity index is 328. The van der Waals surface area contributed by atoms with Crippen LogP contribution in [0, 0.1) is 0 Å². The molecule has 0 bridgehead atoms. The molecule has 0 aliphatic heterocycles. The minimum atomic E-state index is -0.331.